The largest absolute Gasteiger partial charge is 0.338 e. The van der Waals surface area contributed by atoms with Crippen LogP contribution in [0.4, 0.5) is 0 Å². The third-order valence-electron chi connectivity index (χ3n) is 4.22. The van der Waals surface area contributed by atoms with Crippen LogP contribution in [0, 0.1) is 5.41 Å². The van der Waals surface area contributed by atoms with Gasteiger partial charge in [0, 0.05) is 32.6 Å². The van der Waals surface area contributed by atoms with Crippen LogP contribution in [0.2, 0.25) is 0 Å². The lowest BCUT2D eigenvalue weighted by atomic mass is 9.92. The summed E-state index contributed by atoms with van der Waals surface area (Å²) in [7, 11) is 2.02. The fraction of sp³-hybridized carbons (Fsp3) is 0.786. The second-order valence-electron chi connectivity index (χ2n) is 6.43. The summed E-state index contributed by atoms with van der Waals surface area (Å²) in [5.74, 6) is -0.607. The van der Waals surface area contributed by atoms with Crippen molar-refractivity contribution < 1.29 is 14.4 Å². The molecule has 6 nitrogen and oxygen atoms in total. The van der Waals surface area contributed by atoms with Crippen LogP contribution >= 0.6 is 0 Å². The van der Waals surface area contributed by atoms with E-state index >= 15 is 0 Å². The lowest BCUT2D eigenvalue weighted by molar-refractivity contribution is -0.152. The normalized spacial score (nSPS) is 25.2. The third-order valence-corrected chi connectivity index (χ3v) is 4.22. The van der Waals surface area contributed by atoms with Crippen LogP contribution in [0.25, 0.3) is 0 Å². The SMILES string of the molecule is CC(C(=O)N1CCN(C)CC1)N1C(=O)CC(C)(C)C1=O. The van der Waals surface area contributed by atoms with E-state index in [9.17, 15) is 14.4 Å². The van der Waals surface area contributed by atoms with Crippen molar-refractivity contribution in [2.24, 2.45) is 5.41 Å². The van der Waals surface area contributed by atoms with Gasteiger partial charge in [0.2, 0.25) is 17.7 Å². The van der Waals surface area contributed by atoms with E-state index in [1.165, 1.54) is 0 Å². The van der Waals surface area contributed by atoms with Gasteiger partial charge < -0.3 is 9.80 Å². The van der Waals surface area contributed by atoms with Gasteiger partial charge in [0.1, 0.15) is 6.04 Å². The van der Waals surface area contributed by atoms with E-state index in [1.54, 1.807) is 25.7 Å². The minimum atomic E-state index is -0.694. The smallest absolute Gasteiger partial charge is 0.245 e. The first-order chi connectivity index (χ1) is 9.24. The number of amides is 3. The van der Waals surface area contributed by atoms with Gasteiger partial charge in [-0.1, -0.05) is 13.8 Å². The lowest BCUT2D eigenvalue weighted by Gasteiger charge is -2.35. The fourth-order valence-corrected chi connectivity index (χ4v) is 2.77. The Morgan fingerprint density at radius 1 is 1.15 bits per heavy atom. The molecule has 1 unspecified atom stereocenters. The predicted octanol–water partition coefficient (Wildman–Crippen LogP) is -0.0660. The minimum Gasteiger partial charge on any atom is -0.338 e. The zero-order chi connectivity index (χ0) is 15.1. The maximum atomic E-state index is 12.5. The second-order valence-corrected chi connectivity index (χ2v) is 6.43. The van der Waals surface area contributed by atoms with Crippen LogP contribution in [0.1, 0.15) is 27.2 Å². The van der Waals surface area contributed by atoms with Crippen LogP contribution in [0.5, 0.6) is 0 Å². The molecular formula is C14H23N3O3. The van der Waals surface area contributed by atoms with Gasteiger partial charge in [0.25, 0.3) is 0 Å². The van der Waals surface area contributed by atoms with Gasteiger partial charge in [-0.15, -0.1) is 0 Å². The summed E-state index contributed by atoms with van der Waals surface area (Å²) >= 11 is 0. The highest BCUT2D eigenvalue weighted by Crippen LogP contribution is 2.33. The Bertz CT molecular complexity index is 439. The van der Waals surface area contributed by atoms with Crippen molar-refractivity contribution >= 4 is 17.7 Å². The molecule has 0 aromatic heterocycles. The molecule has 0 bridgehead atoms. The molecule has 0 aromatic carbocycles. The summed E-state index contributed by atoms with van der Waals surface area (Å²) < 4.78 is 0. The number of hydrogen-bond acceptors (Lipinski definition) is 4. The summed E-state index contributed by atoms with van der Waals surface area (Å²) in [4.78, 5) is 41.8. The Morgan fingerprint density at radius 3 is 2.15 bits per heavy atom. The lowest BCUT2D eigenvalue weighted by Crippen LogP contribution is -2.54. The summed E-state index contributed by atoms with van der Waals surface area (Å²) in [5, 5.41) is 0. The number of rotatable bonds is 2. The van der Waals surface area contributed by atoms with Gasteiger partial charge in [-0.2, -0.15) is 0 Å². The maximum Gasteiger partial charge on any atom is 0.245 e. The average Bonchev–Trinajstić information content (AvgIpc) is 2.58. The Kier molecular flexibility index (Phi) is 3.86. The Morgan fingerprint density at radius 2 is 1.70 bits per heavy atom. The molecule has 2 rings (SSSR count). The highest BCUT2D eigenvalue weighted by atomic mass is 16.2. The van der Waals surface area contributed by atoms with E-state index in [1.807, 2.05) is 7.05 Å². The monoisotopic (exact) mass is 281 g/mol. The van der Waals surface area contributed by atoms with Gasteiger partial charge in [0.15, 0.2) is 0 Å². The van der Waals surface area contributed by atoms with Gasteiger partial charge in [-0.25, -0.2) is 0 Å². The predicted molar refractivity (Wildman–Crippen MR) is 73.8 cm³/mol. The van der Waals surface area contributed by atoms with E-state index in [4.69, 9.17) is 0 Å². The number of likely N-dealkylation sites (tertiary alicyclic amines) is 1. The molecule has 0 saturated carbocycles. The van der Waals surface area contributed by atoms with Crippen molar-refractivity contribution in [2.45, 2.75) is 33.2 Å². The van der Waals surface area contributed by atoms with E-state index in [-0.39, 0.29) is 24.1 Å². The molecule has 0 N–H and O–H groups in total. The number of nitrogens with zero attached hydrogens (tertiary/aromatic N) is 3. The summed E-state index contributed by atoms with van der Waals surface area (Å²) in [6.07, 6.45) is 0.187. The number of carbonyl (C=O) groups is 3. The van der Waals surface area contributed by atoms with Crippen LogP contribution in [0.15, 0.2) is 0 Å². The van der Waals surface area contributed by atoms with E-state index < -0.39 is 11.5 Å². The maximum absolute atomic E-state index is 12.5. The molecule has 0 spiro atoms. The van der Waals surface area contributed by atoms with Crippen molar-refractivity contribution in [1.29, 1.82) is 0 Å². The number of piperazine rings is 1. The first kappa shape index (κ1) is 15.0. The van der Waals surface area contributed by atoms with Crippen molar-refractivity contribution in [2.75, 3.05) is 33.2 Å². The number of hydrogen-bond donors (Lipinski definition) is 0. The van der Waals surface area contributed by atoms with Crippen LogP contribution in [-0.2, 0) is 14.4 Å². The van der Waals surface area contributed by atoms with Gasteiger partial charge in [-0.3, -0.25) is 19.3 Å². The van der Waals surface area contributed by atoms with Crippen molar-refractivity contribution in [3.63, 3.8) is 0 Å². The minimum absolute atomic E-state index is 0.127. The molecule has 1 atom stereocenters. The van der Waals surface area contributed by atoms with Crippen LogP contribution < -0.4 is 0 Å². The molecule has 0 aliphatic carbocycles. The quantitative estimate of drug-likeness (QED) is 0.665. The van der Waals surface area contributed by atoms with Crippen molar-refractivity contribution in [3.8, 4) is 0 Å². The summed E-state index contributed by atoms with van der Waals surface area (Å²) in [5.41, 5.74) is -0.687. The first-order valence-corrected chi connectivity index (χ1v) is 7.08. The Hall–Kier alpha value is -1.43. The summed E-state index contributed by atoms with van der Waals surface area (Å²) in [6.45, 7) is 8.11. The van der Waals surface area contributed by atoms with E-state index in [0.717, 1.165) is 18.0 Å². The van der Waals surface area contributed by atoms with Crippen LogP contribution in [0.3, 0.4) is 0 Å². The molecule has 0 aromatic rings. The van der Waals surface area contributed by atoms with Gasteiger partial charge in [-0.05, 0) is 14.0 Å². The van der Waals surface area contributed by atoms with E-state index in [2.05, 4.69) is 4.90 Å². The van der Waals surface area contributed by atoms with E-state index in [0.29, 0.717) is 13.1 Å². The molecule has 2 fully saturated rings. The molecular weight excluding hydrogens is 258 g/mol. The molecule has 20 heavy (non-hydrogen) atoms. The number of carbonyl (C=O) groups excluding carboxylic acids is 3. The first-order valence-electron chi connectivity index (χ1n) is 7.08. The highest BCUT2D eigenvalue weighted by Gasteiger charge is 2.48. The molecule has 6 heteroatoms. The van der Waals surface area contributed by atoms with Crippen LogP contribution in [-0.4, -0.2) is 71.7 Å². The second kappa shape index (κ2) is 5.16. The fourth-order valence-electron chi connectivity index (χ4n) is 2.77. The molecule has 112 valence electrons. The zero-order valence-corrected chi connectivity index (χ0v) is 12.7. The third kappa shape index (κ3) is 2.57. The molecule has 2 aliphatic heterocycles. The van der Waals surface area contributed by atoms with Gasteiger partial charge in [0.05, 0.1) is 5.41 Å². The molecule has 3 amide bonds. The molecule has 2 aliphatic rings. The van der Waals surface area contributed by atoms with Crippen molar-refractivity contribution in [3.05, 3.63) is 0 Å². The van der Waals surface area contributed by atoms with Gasteiger partial charge >= 0.3 is 0 Å². The topological polar surface area (TPSA) is 60.9 Å². The number of imide groups is 1. The Balaban J connectivity index is 2.07. The average molecular weight is 281 g/mol. The summed E-state index contributed by atoms with van der Waals surface area (Å²) in [6, 6.07) is -0.694. The molecule has 2 saturated heterocycles. The number of likely N-dealkylation sites (N-methyl/N-ethyl adjacent to an activating group) is 1. The van der Waals surface area contributed by atoms with Crippen molar-refractivity contribution in [1.82, 2.24) is 14.7 Å². The Labute approximate surface area is 119 Å². The molecule has 0 radical (unpaired) electrons. The zero-order valence-electron chi connectivity index (χ0n) is 12.7. The highest BCUT2D eigenvalue weighted by molar-refractivity contribution is 6.08. The molecule has 2 heterocycles. The standard InChI is InChI=1S/C14H23N3O3/c1-10(12(19)16-7-5-15(4)6-8-16)17-11(18)9-14(2,3)13(17)20/h10H,5-9H2,1-4H3.